The van der Waals surface area contributed by atoms with E-state index in [1.165, 1.54) is 0 Å². The van der Waals surface area contributed by atoms with Crippen molar-refractivity contribution in [3.8, 4) is 0 Å². The van der Waals surface area contributed by atoms with Gasteiger partial charge in [-0.25, -0.2) is 9.97 Å². The van der Waals surface area contributed by atoms with E-state index in [0.29, 0.717) is 11.9 Å². The lowest BCUT2D eigenvalue weighted by atomic mass is 9.97. The molecule has 0 unspecified atom stereocenters. The van der Waals surface area contributed by atoms with E-state index in [2.05, 4.69) is 44.9 Å². The minimum Gasteiger partial charge on any atom is -0.343 e. The standard InChI is InChI=1S/C27H30N6OS2/c1-20(34)33-16-12-21(13-17-33)11-15-30-27(28-2)32-26-24(35-22-8-4-3-5-9-22)18-23(19-31-26)36-25-10-6-7-14-29-25/h3-11,14-15,18-19,21H,12-13,16-17H2,1-2H3,(H2,28,30,31,32)/b15-11+. The molecule has 1 saturated heterocycles. The molecular weight excluding hydrogens is 488 g/mol. The zero-order valence-electron chi connectivity index (χ0n) is 20.4. The summed E-state index contributed by atoms with van der Waals surface area (Å²) in [6, 6.07) is 18.2. The molecule has 0 spiro atoms. The normalized spacial score (nSPS) is 14.7. The average molecular weight is 519 g/mol. The van der Waals surface area contributed by atoms with Crippen molar-refractivity contribution in [1.82, 2.24) is 20.2 Å². The van der Waals surface area contributed by atoms with E-state index < -0.39 is 0 Å². The zero-order chi connectivity index (χ0) is 25.2. The number of piperidine rings is 1. The number of aromatic nitrogens is 2. The molecule has 1 aliphatic rings. The lowest BCUT2D eigenvalue weighted by Gasteiger charge is -2.29. The minimum absolute atomic E-state index is 0.154. The number of likely N-dealkylation sites (tertiary alicyclic amines) is 1. The van der Waals surface area contributed by atoms with Crippen LogP contribution in [0, 0.1) is 5.92 Å². The van der Waals surface area contributed by atoms with E-state index in [4.69, 9.17) is 4.98 Å². The molecule has 0 aliphatic carbocycles. The first kappa shape index (κ1) is 25.8. The third kappa shape index (κ3) is 7.60. The molecule has 0 atom stereocenters. The van der Waals surface area contributed by atoms with Crippen LogP contribution in [-0.2, 0) is 4.79 Å². The molecule has 1 aromatic carbocycles. The smallest absolute Gasteiger partial charge is 0.219 e. The lowest BCUT2D eigenvalue weighted by molar-refractivity contribution is -0.129. The highest BCUT2D eigenvalue weighted by Gasteiger charge is 2.18. The number of amides is 1. The van der Waals surface area contributed by atoms with Crippen molar-refractivity contribution >= 4 is 41.2 Å². The van der Waals surface area contributed by atoms with Gasteiger partial charge in [0.25, 0.3) is 0 Å². The summed E-state index contributed by atoms with van der Waals surface area (Å²) in [6.45, 7) is 3.25. The first-order chi connectivity index (χ1) is 17.6. The topological polar surface area (TPSA) is 82.5 Å². The van der Waals surface area contributed by atoms with Gasteiger partial charge in [-0.1, -0.05) is 53.9 Å². The maximum atomic E-state index is 11.5. The Morgan fingerprint density at radius 1 is 1.06 bits per heavy atom. The van der Waals surface area contributed by atoms with Gasteiger partial charge < -0.3 is 15.5 Å². The number of hydrogen-bond acceptors (Lipinski definition) is 6. The highest BCUT2D eigenvalue weighted by atomic mass is 32.2. The first-order valence-electron chi connectivity index (χ1n) is 11.8. The van der Waals surface area contributed by atoms with Gasteiger partial charge in [-0.3, -0.25) is 9.79 Å². The molecule has 2 aromatic heterocycles. The van der Waals surface area contributed by atoms with Gasteiger partial charge >= 0.3 is 0 Å². The Morgan fingerprint density at radius 2 is 1.83 bits per heavy atom. The molecule has 0 radical (unpaired) electrons. The molecule has 1 aliphatic heterocycles. The Morgan fingerprint density at radius 3 is 2.53 bits per heavy atom. The SMILES string of the molecule is CN=C(N/C=C/C1CCN(C(C)=O)CC1)Nc1ncc(Sc2ccccn2)cc1Sc1ccccc1. The predicted octanol–water partition coefficient (Wildman–Crippen LogP) is 5.54. The van der Waals surface area contributed by atoms with Crippen LogP contribution >= 0.6 is 23.5 Å². The van der Waals surface area contributed by atoms with Crippen LogP contribution in [0.15, 0.2) is 104 Å². The number of nitrogens with zero attached hydrogens (tertiary/aromatic N) is 4. The Bertz CT molecular complexity index is 1200. The number of carbonyl (C=O) groups excluding carboxylic acids is 1. The second kappa shape index (κ2) is 13.1. The number of nitrogens with one attached hydrogen (secondary N) is 2. The van der Waals surface area contributed by atoms with Crippen LogP contribution in [0.2, 0.25) is 0 Å². The third-order valence-corrected chi connectivity index (χ3v) is 7.64. The van der Waals surface area contributed by atoms with Crippen LogP contribution in [0.3, 0.4) is 0 Å². The summed E-state index contributed by atoms with van der Waals surface area (Å²) < 4.78 is 0. The molecule has 186 valence electrons. The first-order valence-corrected chi connectivity index (χ1v) is 13.5. The third-order valence-electron chi connectivity index (χ3n) is 5.69. The van der Waals surface area contributed by atoms with Crippen molar-refractivity contribution in [3.63, 3.8) is 0 Å². The van der Waals surface area contributed by atoms with E-state index in [1.807, 2.05) is 53.7 Å². The largest absolute Gasteiger partial charge is 0.343 e. The van der Waals surface area contributed by atoms with E-state index in [0.717, 1.165) is 51.5 Å². The monoisotopic (exact) mass is 518 g/mol. The van der Waals surface area contributed by atoms with Crippen LogP contribution in [0.4, 0.5) is 5.82 Å². The van der Waals surface area contributed by atoms with E-state index in [9.17, 15) is 4.79 Å². The molecule has 7 nitrogen and oxygen atoms in total. The van der Waals surface area contributed by atoms with Crippen molar-refractivity contribution in [2.45, 2.75) is 39.5 Å². The molecule has 2 N–H and O–H groups in total. The van der Waals surface area contributed by atoms with E-state index in [1.54, 1.807) is 43.7 Å². The van der Waals surface area contributed by atoms with Crippen molar-refractivity contribution in [2.24, 2.45) is 10.9 Å². The van der Waals surface area contributed by atoms with Gasteiger partial charge in [0.05, 0.1) is 4.90 Å². The van der Waals surface area contributed by atoms with Crippen LogP contribution in [0.1, 0.15) is 19.8 Å². The highest BCUT2D eigenvalue weighted by molar-refractivity contribution is 8.00. The minimum atomic E-state index is 0.154. The van der Waals surface area contributed by atoms with Gasteiger partial charge in [-0.15, -0.1) is 0 Å². The second-order valence-corrected chi connectivity index (χ2v) is 10.5. The molecule has 1 amide bonds. The van der Waals surface area contributed by atoms with Gasteiger partial charge in [-0.2, -0.15) is 0 Å². The molecule has 0 saturated carbocycles. The molecule has 3 aromatic rings. The summed E-state index contributed by atoms with van der Waals surface area (Å²) in [6.07, 6.45) is 9.67. The molecule has 4 rings (SSSR count). The number of hydrogen-bond donors (Lipinski definition) is 2. The summed E-state index contributed by atoms with van der Waals surface area (Å²) in [5, 5.41) is 7.53. The van der Waals surface area contributed by atoms with Crippen molar-refractivity contribution in [2.75, 3.05) is 25.5 Å². The van der Waals surface area contributed by atoms with Crippen LogP contribution in [-0.4, -0.2) is 46.9 Å². The Hall–Kier alpha value is -3.30. The van der Waals surface area contributed by atoms with Gasteiger partial charge in [0, 0.05) is 55.4 Å². The summed E-state index contributed by atoms with van der Waals surface area (Å²) in [7, 11) is 1.74. The van der Waals surface area contributed by atoms with Crippen molar-refractivity contribution in [3.05, 3.63) is 79.3 Å². The average Bonchev–Trinajstić information content (AvgIpc) is 2.91. The van der Waals surface area contributed by atoms with Crippen LogP contribution in [0.25, 0.3) is 0 Å². The molecule has 36 heavy (non-hydrogen) atoms. The summed E-state index contributed by atoms with van der Waals surface area (Å²) in [5.74, 6) is 1.93. The fourth-order valence-electron chi connectivity index (χ4n) is 3.74. The quantitative estimate of drug-likeness (QED) is 0.314. The fourth-order valence-corrected chi connectivity index (χ4v) is 5.53. The van der Waals surface area contributed by atoms with Crippen LogP contribution < -0.4 is 10.6 Å². The molecule has 3 heterocycles. The van der Waals surface area contributed by atoms with E-state index in [-0.39, 0.29) is 5.91 Å². The predicted molar refractivity (Wildman–Crippen MR) is 147 cm³/mol. The Kier molecular flexibility index (Phi) is 9.40. The fraction of sp³-hybridized carbons (Fsp3) is 0.259. The summed E-state index contributed by atoms with van der Waals surface area (Å²) in [5.41, 5.74) is 0. The van der Waals surface area contributed by atoms with Crippen molar-refractivity contribution < 1.29 is 4.79 Å². The summed E-state index contributed by atoms with van der Waals surface area (Å²) >= 11 is 3.23. The van der Waals surface area contributed by atoms with Crippen LogP contribution in [0.5, 0.6) is 0 Å². The maximum Gasteiger partial charge on any atom is 0.219 e. The number of allylic oxidation sites excluding steroid dienone is 1. The number of pyridine rings is 2. The van der Waals surface area contributed by atoms with Gasteiger partial charge in [0.15, 0.2) is 0 Å². The maximum absolute atomic E-state index is 11.5. The van der Waals surface area contributed by atoms with Gasteiger partial charge in [0.2, 0.25) is 11.9 Å². The number of aliphatic imine (C=N–C) groups is 1. The molecule has 0 bridgehead atoms. The van der Waals surface area contributed by atoms with E-state index >= 15 is 0 Å². The lowest BCUT2D eigenvalue weighted by Crippen LogP contribution is -2.36. The van der Waals surface area contributed by atoms with Gasteiger partial charge in [-0.05, 0) is 49.1 Å². The zero-order valence-corrected chi connectivity index (χ0v) is 22.1. The summed E-state index contributed by atoms with van der Waals surface area (Å²) in [4.78, 5) is 30.1. The highest BCUT2D eigenvalue weighted by Crippen LogP contribution is 2.36. The Labute approximate surface area is 220 Å². The molecule has 1 fully saturated rings. The molecule has 9 heteroatoms. The number of guanidine groups is 1. The Balaban J connectivity index is 1.44. The van der Waals surface area contributed by atoms with Gasteiger partial charge in [0.1, 0.15) is 10.8 Å². The number of carbonyl (C=O) groups is 1. The number of benzene rings is 1. The molecular formula is C27H30N6OS2. The second-order valence-electron chi connectivity index (χ2n) is 8.25. The number of anilines is 1. The number of rotatable bonds is 7. The van der Waals surface area contributed by atoms with Crippen molar-refractivity contribution in [1.29, 1.82) is 0 Å².